The molecule has 0 aliphatic carbocycles. The van der Waals surface area contributed by atoms with Crippen LogP contribution in [0.1, 0.15) is 42.2 Å². The van der Waals surface area contributed by atoms with Crippen LogP contribution in [0.2, 0.25) is 0 Å². The number of nitrogens with two attached hydrogens (primary N) is 1. The molecule has 1 aromatic rings. The van der Waals surface area contributed by atoms with Crippen LogP contribution in [0.15, 0.2) is 24.3 Å². The maximum absolute atomic E-state index is 11.9. The van der Waals surface area contributed by atoms with Gasteiger partial charge in [0, 0.05) is 23.6 Å². The summed E-state index contributed by atoms with van der Waals surface area (Å²) in [5.74, 6) is 2.55. The smallest absolute Gasteiger partial charge is 0.224 e. The molecule has 1 saturated heterocycles. The van der Waals surface area contributed by atoms with Gasteiger partial charge in [0.25, 0.3) is 0 Å². The van der Waals surface area contributed by atoms with Crippen molar-refractivity contribution in [3.8, 4) is 0 Å². The van der Waals surface area contributed by atoms with Crippen LogP contribution in [0.25, 0.3) is 0 Å². The van der Waals surface area contributed by atoms with E-state index in [-0.39, 0.29) is 18.3 Å². The van der Waals surface area contributed by atoms with Gasteiger partial charge in [-0.25, -0.2) is 0 Å². The maximum atomic E-state index is 11.9. The number of halogens is 1. The minimum absolute atomic E-state index is 0. The standard InChI is InChI=1S/C16H24N2OS2.ClH/c17-9-4-2-1-3-8-15(19)18-14-7-5-6-13(12-14)16-20-10-11-21-16;/h5-7,12,16H,1-4,8-11,17H2,(H,18,19);1H. The summed E-state index contributed by atoms with van der Waals surface area (Å²) in [7, 11) is 0. The molecule has 1 aliphatic rings. The Bertz CT molecular complexity index is 454. The fourth-order valence-electron chi connectivity index (χ4n) is 2.32. The summed E-state index contributed by atoms with van der Waals surface area (Å²) in [5.41, 5.74) is 7.69. The lowest BCUT2D eigenvalue weighted by molar-refractivity contribution is -0.116. The van der Waals surface area contributed by atoms with E-state index in [0.29, 0.717) is 11.0 Å². The van der Waals surface area contributed by atoms with Gasteiger partial charge in [-0.2, -0.15) is 0 Å². The van der Waals surface area contributed by atoms with Crippen LogP contribution in [-0.4, -0.2) is 24.0 Å². The lowest BCUT2D eigenvalue weighted by Gasteiger charge is -2.11. The van der Waals surface area contributed by atoms with Crippen molar-refractivity contribution >= 4 is 47.5 Å². The fourth-order valence-corrected chi connectivity index (χ4v) is 5.16. The van der Waals surface area contributed by atoms with E-state index in [0.717, 1.165) is 37.9 Å². The topological polar surface area (TPSA) is 55.1 Å². The maximum Gasteiger partial charge on any atom is 0.224 e. The summed E-state index contributed by atoms with van der Waals surface area (Å²) >= 11 is 3.97. The molecule has 0 saturated carbocycles. The predicted molar refractivity (Wildman–Crippen MR) is 102 cm³/mol. The molecule has 0 spiro atoms. The Kier molecular flexibility index (Phi) is 10.0. The molecule has 3 nitrogen and oxygen atoms in total. The van der Waals surface area contributed by atoms with Gasteiger partial charge >= 0.3 is 0 Å². The first-order chi connectivity index (χ1) is 10.3. The second-order valence-corrected chi connectivity index (χ2v) is 7.92. The van der Waals surface area contributed by atoms with Crippen LogP contribution < -0.4 is 11.1 Å². The molecular formula is C16H25ClN2OS2. The second kappa shape index (κ2) is 11.2. The average molecular weight is 361 g/mol. The van der Waals surface area contributed by atoms with Gasteiger partial charge < -0.3 is 11.1 Å². The van der Waals surface area contributed by atoms with Gasteiger partial charge in [0.1, 0.15) is 0 Å². The Morgan fingerprint density at radius 3 is 2.64 bits per heavy atom. The SMILES string of the molecule is Cl.NCCCCCCC(=O)Nc1cccc(C2SCCS2)c1. The predicted octanol–water partition coefficient (Wildman–Crippen LogP) is 4.43. The molecule has 1 amide bonds. The van der Waals surface area contributed by atoms with Crippen molar-refractivity contribution in [2.75, 3.05) is 23.4 Å². The Balaban J connectivity index is 0.00000242. The third-order valence-corrected chi connectivity index (χ3v) is 6.53. The van der Waals surface area contributed by atoms with Crippen LogP contribution in [-0.2, 0) is 4.79 Å². The first kappa shape index (κ1) is 19.7. The number of thioether (sulfide) groups is 2. The zero-order chi connectivity index (χ0) is 14.9. The molecule has 0 bridgehead atoms. The monoisotopic (exact) mass is 360 g/mol. The Labute approximate surface area is 148 Å². The van der Waals surface area contributed by atoms with Gasteiger partial charge in [0.05, 0.1) is 4.58 Å². The number of carbonyl (C=O) groups is 1. The number of hydrogen-bond acceptors (Lipinski definition) is 4. The molecule has 1 aliphatic heterocycles. The van der Waals surface area contributed by atoms with E-state index in [9.17, 15) is 4.79 Å². The van der Waals surface area contributed by atoms with Crippen LogP contribution >= 0.6 is 35.9 Å². The second-order valence-electron chi connectivity index (χ2n) is 5.20. The molecule has 3 N–H and O–H groups in total. The molecule has 0 radical (unpaired) electrons. The number of amides is 1. The molecule has 2 rings (SSSR count). The molecule has 0 atom stereocenters. The molecule has 6 heteroatoms. The van der Waals surface area contributed by atoms with Gasteiger partial charge in [-0.1, -0.05) is 25.0 Å². The third kappa shape index (κ3) is 6.82. The minimum Gasteiger partial charge on any atom is -0.330 e. The van der Waals surface area contributed by atoms with Crippen LogP contribution in [0, 0.1) is 0 Å². The first-order valence-corrected chi connectivity index (χ1v) is 9.72. The minimum atomic E-state index is 0. The van der Waals surface area contributed by atoms with Crippen LogP contribution in [0.5, 0.6) is 0 Å². The zero-order valence-electron chi connectivity index (χ0n) is 12.8. The highest BCUT2D eigenvalue weighted by atomic mass is 35.5. The average Bonchev–Trinajstić information content (AvgIpc) is 3.01. The largest absolute Gasteiger partial charge is 0.330 e. The van der Waals surface area contributed by atoms with E-state index in [1.807, 2.05) is 35.7 Å². The molecule has 0 aromatic heterocycles. The Hall–Kier alpha value is -0.360. The highest BCUT2D eigenvalue weighted by Crippen LogP contribution is 2.45. The number of rotatable bonds is 8. The third-order valence-electron chi connectivity index (χ3n) is 3.42. The van der Waals surface area contributed by atoms with Crippen LogP contribution in [0.4, 0.5) is 5.69 Å². The summed E-state index contributed by atoms with van der Waals surface area (Å²) in [6, 6.07) is 8.27. The van der Waals surface area contributed by atoms with Crippen molar-refractivity contribution in [1.82, 2.24) is 0 Å². The van der Waals surface area contributed by atoms with Crippen LogP contribution in [0.3, 0.4) is 0 Å². The highest BCUT2D eigenvalue weighted by molar-refractivity contribution is 8.19. The van der Waals surface area contributed by atoms with Crippen molar-refractivity contribution in [2.45, 2.75) is 36.7 Å². The van der Waals surface area contributed by atoms with E-state index in [1.165, 1.54) is 17.1 Å². The summed E-state index contributed by atoms with van der Waals surface area (Å²) in [6.45, 7) is 0.746. The first-order valence-electron chi connectivity index (χ1n) is 7.62. The van der Waals surface area contributed by atoms with Crippen molar-refractivity contribution in [1.29, 1.82) is 0 Å². The van der Waals surface area contributed by atoms with Gasteiger partial charge in [-0.05, 0) is 37.1 Å². The van der Waals surface area contributed by atoms with Gasteiger partial charge in [-0.3, -0.25) is 4.79 Å². The number of anilines is 1. The molecule has 1 fully saturated rings. The molecule has 1 heterocycles. The van der Waals surface area contributed by atoms with Crippen molar-refractivity contribution in [2.24, 2.45) is 5.73 Å². The van der Waals surface area contributed by atoms with E-state index >= 15 is 0 Å². The summed E-state index contributed by atoms with van der Waals surface area (Å²) in [4.78, 5) is 11.9. The summed E-state index contributed by atoms with van der Waals surface area (Å²) in [5, 5.41) is 3.01. The molecular weight excluding hydrogens is 336 g/mol. The molecule has 0 unspecified atom stereocenters. The molecule has 124 valence electrons. The van der Waals surface area contributed by atoms with Gasteiger partial charge in [-0.15, -0.1) is 35.9 Å². The molecule has 22 heavy (non-hydrogen) atoms. The summed E-state index contributed by atoms with van der Waals surface area (Å²) in [6.07, 6.45) is 4.80. The zero-order valence-corrected chi connectivity index (χ0v) is 15.2. The van der Waals surface area contributed by atoms with Crippen molar-refractivity contribution in [3.05, 3.63) is 29.8 Å². The van der Waals surface area contributed by atoms with Crippen molar-refractivity contribution < 1.29 is 4.79 Å². The highest BCUT2D eigenvalue weighted by Gasteiger charge is 2.18. The molecule has 1 aromatic carbocycles. The lowest BCUT2D eigenvalue weighted by atomic mass is 10.1. The van der Waals surface area contributed by atoms with E-state index in [2.05, 4.69) is 17.4 Å². The Morgan fingerprint density at radius 2 is 1.91 bits per heavy atom. The number of hydrogen-bond donors (Lipinski definition) is 2. The Morgan fingerprint density at radius 1 is 1.18 bits per heavy atom. The quantitative estimate of drug-likeness (QED) is 0.673. The number of nitrogens with one attached hydrogen (secondary N) is 1. The lowest BCUT2D eigenvalue weighted by Crippen LogP contribution is -2.11. The normalized spacial score (nSPS) is 14.6. The van der Waals surface area contributed by atoms with Gasteiger partial charge in [0.15, 0.2) is 0 Å². The van der Waals surface area contributed by atoms with E-state index in [1.54, 1.807) is 0 Å². The number of carbonyl (C=O) groups excluding carboxylic acids is 1. The fraction of sp³-hybridized carbons (Fsp3) is 0.562. The van der Waals surface area contributed by atoms with E-state index < -0.39 is 0 Å². The van der Waals surface area contributed by atoms with E-state index in [4.69, 9.17) is 5.73 Å². The van der Waals surface area contributed by atoms with Gasteiger partial charge in [0.2, 0.25) is 5.91 Å². The van der Waals surface area contributed by atoms with Crippen molar-refractivity contribution in [3.63, 3.8) is 0 Å². The summed E-state index contributed by atoms with van der Waals surface area (Å²) < 4.78 is 0.526. The number of unbranched alkanes of at least 4 members (excludes halogenated alkanes) is 3. The number of benzene rings is 1.